The fraction of sp³-hybridized carbons (Fsp3) is 0.207. The van der Waals surface area contributed by atoms with Crippen molar-refractivity contribution in [3.8, 4) is 11.5 Å². The van der Waals surface area contributed by atoms with E-state index in [2.05, 4.69) is 10.6 Å². The molecule has 38 heavy (non-hydrogen) atoms. The average Bonchev–Trinajstić information content (AvgIpc) is 3.13. The molecule has 0 radical (unpaired) electrons. The first-order valence-electron chi connectivity index (χ1n) is 12.0. The number of anilines is 2. The van der Waals surface area contributed by atoms with Gasteiger partial charge in [-0.05, 0) is 79.4 Å². The molecular formula is C29H28ClN3O5. The minimum absolute atomic E-state index is 0.00954. The molecule has 1 aliphatic rings. The van der Waals surface area contributed by atoms with Gasteiger partial charge < -0.3 is 20.1 Å². The van der Waals surface area contributed by atoms with E-state index in [4.69, 9.17) is 21.1 Å². The molecule has 0 unspecified atom stereocenters. The molecule has 0 spiro atoms. The molecule has 0 saturated carbocycles. The van der Waals surface area contributed by atoms with Crippen LogP contribution in [0.25, 0.3) is 0 Å². The van der Waals surface area contributed by atoms with Gasteiger partial charge >= 0.3 is 0 Å². The Kier molecular flexibility index (Phi) is 8.02. The highest BCUT2D eigenvalue weighted by molar-refractivity contribution is 6.53. The van der Waals surface area contributed by atoms with E-state index in [0.29, 0.717) is 41.4 Å². The Morgan fingerprint density at radius 2 is 1.61 bits per heavy atom. The van der Waals surface area contributed by atoms with Gasteiger partial charge in [0.25, 0.3) is 17.7 Å². The maximum atomic E-state index is 13.1. The van der Waals surface area contributed by atoms with Gasteiger partial charge in [-0.25, -0.2) is 4.90 Å². The highest BCUT2D eigenvalue weighted by atomic mass is 35.5. The van der Waals surface area contributed by atoms with Crippen molar-refractivity contribution in [2.45, 2.75) is 20.3 Å². The molecule has 8 nitrogen and oxygen atoms in total. The first kappa shape index (κ1) is 26.8. The fourth-order valence-corrected chi connectivity index (χ4v) is 4.31. The Balaban J connectivity index is 1.38. The summed E-state index contributed by atoms with van der Waals surface area (Å²) in [4.78, 5) is 39.6. The largest absolute Gasteiger partial charge is 0.493 e. The van der Waals surface area contributed by atoms with Gasteiger partial charge in [0.2, 0.25) is 0 Å². The van der Waals surface area contributed by atoms with Crippen molar-refractivity contribution >= 4 is 40.7 Å². The van der Waals surface area contributed by atoms with Crippen LogP contribution in [0.4, 0.5) is 11.4 Å². The zero-order valence-electron chi connectivity index (χ0n) is 21.6. The maximum absolute atomic E-state index is 13.1. The SMILES string of the molecule is COc1ccc(CCNC(=O)c2ccc(NC3=C(Cl)C(=O)N(c4cc(C)ccc4C)C3=O)cc2)cc1OC. The van der Waals surface area contributed by atoms with E-state index in [0.717, 1.165) is 21.6 Å². The molecule has 0 atom stereocenters. The second-order valence-electron chi connectivity index (χ2n) is 8.82. The molecule has 196 valence electrons. The lowest BCUT2D eigenvalue weighted by Crippen LogP contribution is -2.33. The lowest BCUT2D eigenvalue weighted by molar-refractivity contribution is -0.120. The highest BCUT2D eigenvalue weighted by Gasteiger charge is 2.39. The Morgan fingerprint density at radius 1 is 0.895 bits per heavy atom. The third kappa shape index (κ3) is 5.50. The summed E-state index contributed by atoms with van der Waals surface area (Å²) in [6.45, 7) is 4.14. The predicted octanol–water partition coefficient (Wildman–Crippen LogP) is 4.73. The third-order valence-corrected chi connectivity index (χ3v) is 6.55. The molecule has 0 aromatic heterocycles. The number of hydrogen-bond donors (Lipinski definition) is 2. The van der Waals surface area contributed by atoms with Crippen molar-refractivity contribution in [3.63, 3.8) is 0 Å². The quantitative estimate of drug-likeness (QED) is 0.386. The third-order valence-electron chi connectivity index (χ3n) is 6.20. The van der Waals surface area contributed by atoms with Crippen LogP contribution in [-0.4, -0.2) is 38.5 Å². The second kappa shape index (κ2) is 11.4. The summed E-state index contributed by atoms with van der Waals surface area (Å²) in [7, 11) is 3.16. The van der Waals surface area contributed by atoms with Crippen LogP contribution in [-0.2, 0) is 16.0 Å². The summed E-state index contributed by atoms with van der Waals surface area (Å²) >= 11 is 6.26. The van der Waals surface area contributed by atoms with E-state index >= 15 is 0 Å². The van der Waals surface area contributed by atoms with Gasteiger partial charge in [-0.3, -0.25) is 14.4 Å². The van der Waals surface area contributed by atoms with E-state index in [1.807, 2.05) is 44.2 Å². The number of amides is 3. The van der Waals surface area contributed by atoms with Gasteiger partial charge in [-0.1, -0.05) is 29.8 Å². The van der Waals surface area contributed by atoms with E-state index < -0.39 is 11.8 Å². The van der Waals surface area contributed by atoms with Crippen molar-refractivity contribution in [3.05, 3.63) is 93.6 Å². The number of carbonyl (C=O) groups excluding carboxylic acids is 3. The second-order valence-corrected chi connectivity index (χ2v) is 9.20. The number of aryl methyl sites for hydroxylation is 2. The number of nitrogens with zero attached hydrogens (tertiary/aromatic N) is 1. The number of benzene rings is 3. The van der Waals surface area contributed by atoms with Crippen molar-refractivity contribution in [2.75, 3.05) is 31.0 Å². The molecule has 4 rings (SSSR count). The van der Waals surface area contributed by atoms with Crippen LogP contribution < -0.4 is 25.0 Å². The minimum atomic E-state index is -0.585. The molecule has 0 aliphatic carbocycles. The van der Waals surface area contributed by atoms with Crippen LogP contribution in [0.3, 0.4) is 0 Å². The van der Waals surface area contributed by atoms with Gasteiger partial charge in [0.1, 0.15) is 10.7 Å². The van der Waals surface area contributed by atoms with Gasteiger partial charge in [0.15, 0.2) is 11.5 Å². The average molecular weight is 534 g/mol. The molecule has 0 fully saturated rings. The summed E-state index contributed by atoms with van der Waals surface area (Å²) in [5.41, 5.74) is 4.15. The number of halogens is 1. The molecule has 3 amide bonds. The number of ether oxygens (including phenoxy) is 2. The van der Waals surface area contributed by atoms with Gasteiger partial charge in [-0.2, -0.15) is 0 Å². The molecule has 3 aromatic rings. The van der Waals surface area contributed by atoms with Crippen LogP contribution in [0.2, 0.25) is 0 Å². The van der Waals surface area contributed by atoms with Crippen LogP contribution in [0.15, 0.2) is 71.4 Å². The Bertz CT molecular complexity index is 1430. The van der Waals surface area contributed by atoms with Crippen LogP contribution in [0.1, 0.15) is 27.0 Å². The molecule has 3 aromatic carbocycles. The Labute approximate surface area is 226 Å². The fourth-order valence-electron chi connectivity index (χ4n) is 4.10. The number of rotatable bonds is 9. The lowest BCUT2D eigenvalue weighted by atomic mass is 10.1. The highest BCUT2D eigenvalue weighted by Crippen LogP contribution is 2.32. The zero-order chi connectivity index (χ0) is 27.4. The van der Waals surface area contributed by atoms with E-state index in [9.17, 15) is 14.4 Å². The van der Waals surface area contributed by atoms with Gasteiger partial charge in [0.05, 0.1) is 19.9 Å². The Morgan fingerprint density at radius 3 is 2.29 bits per heavy atom. The predicted molar refractivity (Wildman–Crippen MR) is 147 cm³/mol. The van der Waals surface area contributed by atoms with Gasteiger partial charge in [0, 0.05) is 17.8 Å². The normalized spacial score (nSPS) is 13.1. The number of nitrogens with one attached hydrogen (secondary N) is 2. The van der Waals surface area contributed by atoms with Crippen molar-refractivity contribution < 1.29 is 23.9 Å². The first-order valence-corrected chi connectivity index (χ1v) is 12.3. The first-order chi connectivity index (χ1) is 18.2. The summed E-state index contributed by atoms with van der Waals surface area (Å²) in [6, 6.07) is 17.7. The topological polar surface area (TPSA) is 97.0 Å². The number of imide groups is 1. The lowest BCUT2D eigenvalue weighted by Gasteiger charge is -2.18. The van der Waals surface area contributed by atoms with Crippen LogP contribution >= 0.6 is 11.6 Å². The molecule has 9 heteroatoms. The van der Waals surface area contributed by atoms with E-state index in [1.165, 1.54) is 0 Å². The van der Waals surface area contributed by atoms with Crippen molar-refractivity contribution in [1.29, 1.82) is 0 Å². The molecular weight excluding hydrogens is 506 g/mol. The summed E-state index contributed by atoms with van der Waals surface area (Å²) < 4.78 is 10.6. The molecule has 0 bridgehead atoms. The summed E-state index contributed by atoms with van der Waals surface area (Å²) in [5.74, 6) is -0.0755. The number of methoxy groups -OCH3 is 2. The molecule has 2 N–H and O–H groups in total. The number of carbonyl (C=O) groups is 3. The maximum Gasteiger partial charge on any atom is 0.283 e. The zero-order valence-corrected chi connectivity index (χ0v) is 22.3. The van der Waals surface area contributed by atoms with Gasteiger partial charge in [-0.15, -0.1) is 0 Å². The summed E-state index contributed by atoms with van der Waals surface area (Å²) in [5, 5.41) is 5.64. The number of hydrogen-bond acceptors (Lipinski definition) is 6. The minimum Gasteiger partial charge on any atom is -0.493 e. The Hall–Kier alpha value is -4.30. The van der Waals surface area contributed by atoms with E-state index in [-0.39, 0.29) is 16.6 Å². The van der Waals surface area contributed by atoms with Crippen LogP contribution in [0.5, 0.6) is 11.5 Å². The van der Waals surface area contributed by atoms with Crippen molar-refractivity contribution in [2.24, 2.45) is 0 Å². The molecule has 1 heterocycles. The van der Waals surface area contributed by atoms with Crippen molar-refractivity contribution in [1.82, 2.24) is 5.32 Å². The smallest absolute Gasteiger partial charge is 0.283 e. The monoisotopic (exact) mass is 533 g/mol. The molecule has 0 saturated heterocycles. The molecule has 1 aliphatic heterocycles. The van der Waals surface area contributed by atoms with Crippen LogP contribution in [0, 0.1) is 13.8 Å². The van der Waals surface area contributed by atoms with E-state index in [1.54, 1.807) is 44.6 Å². The summed E-state index contributed by atoms with van der Waals surface area (Å²) in [6.07, 6.45) is 0.617. The standard InChI is InChI=1S/C29H28ClN3O5/c1-17-5-6-18(2)22(15-17)33-28(35)25(30)26(29(33)36)32-21-10-8-20(9-11-21)27(34)31-14-13-19-7-12-23(37-3)24(16-19)38-4/h5-12,15-16,32H,13-14H2,1-4H3,(H,31,34).